The van der Waals surface area contributed by atoms with Crippen LogP contribution in [0, 0.1) is 0 Å². The Morgan fingerprint density at radius 2 is 0.754 bits per heavy atom. The Kier molecular flexibility index (Phi) is 7.78. The topological polar surface area (TPSA) is 43.6 Å². The van der Waals surface area contributed by atoms with Gasteiger partial charge in [-0.15, -0.1) is 0 Å². The van der Waals surface area contributed by atoms with Crippen molar-refractivity contribution >= 4 is 43.4 Å². The summed E-state index contributed by atoms with van der Waals surface area (Å²) in [6, 6.07) is 72.9. The minimum absolute atomic E-state index is 0.610. The van der Waals surface area contributed by atoms with Crippen LogP contribution in [0.25, 0.3) is 105 Å². The smallest absolute Gasteiger partial charge is 0.164 e. The van der Waals surface area contributed by atoms with Crippen LogP contribution in [-0.2, 0) is 0 Å². The molecule has 11 aromatic rings. The molecule has 9 aromatic carbocycles. The van der Waals surface area contributed by atoms with Crippen LogP contribution in [0.15, 0.2) is 206 Å². The van der Waals surface area contributed by atoms with Gasteiger partial charge < -0.3 is 4.57 Å². The maximum Gasteiger partial charge on any atom is 0.164 e. The first-order valence-corrected chi connectivity index (χ1v) is 19.3. The van der Waals surface area contributed by atoms with Crippen molar-refractivity contribution in [3.8, 4) is 62.1 Å². The summed E-state index contributed by atoms with van der Waals surface area (Å²) in [4.78, 5) is 15.8. The Labute approximate surface area is 330 Å². The fourth-order valence-corrected chi connectivity index (χ4v) is 8.29. The minimum Gasteiger partial charge on any atom is -0.309 e. The second-order valence-electron chi connectivity index (χ2n) is 14.4. The zero-order valence-electron chi connectivity index (χ0n) is 30.9. The lowest BCUT2D eigenvalue weighted by Gasteiger charge is -2.16. The number of aromatic nitrogens is 4. The van der Waals surface area contributed by atoms with E-state index in [2.05, 4.69) is 211 Å². The summed E-state index contributed by atoms with van der Waals surface area (Å²) in [6.07, 6.45) is 0. The summed E-state index contributed by atoms with van der Waals surface area (Å²) in [6.45, 7) is 0. The second kappa shape index (κ2) is 13.6. The third-order valence-electron chi connectivity index (χ3n) is 11.0. The SMILES string of the molecule is c1ccc(-c2ccc(-c3nc(-c4ccc5ccccc5c4)nc(-c4cc(-c5ccccc5)c5ccccc5c4)n3)cc2-n2c3ccccc3c3ccccc32)cc1. The molecule has 2 aromatic heterocycles. The maximum absolute atomic E-state index is 5.32. The fourth-order valence-electron chi connectivity index (χ4n) is 8.29. The Hall–Kier alpha value is -7.69. The van der Waals surface area contributed by atoms with Crippen molar-refractivity contribution in [2.45, 2.75) is 0 Å². The molecule has 0 aliphatic rings. The van der Waals surface area contributed by atoms with Crippen molar-refractivity contribution in [1.29, 1.82) is 0 Å². The molecule has 0 fully saturated rings. The van der Waals surface area contributed by atoms with Crippen molar-refractivity contribution in [1.82, 2.24) is 19.5 Å². The van der Waals surface area contributed by atoms with Gasteiger partial charge in [0.15, 0.2) is 17.5 Å². The predicted octanol–water partition coefficient (Wildman–Crippen LogP) is 13.6. The molecule has 0 saturated heterocycles. The lowest BCUT2D eigenvalue weighted by molar-refractivity contribution is 1.07. The van der Waals surface area contributed by atoms with Gasteiger partial charge in [-0.1, -0.05) is 170 Å². The number of fused-ring (bicyclic) bond motifs is 5. The van der Waals surface area contributed by atoms with Gasteiger partial charge in [0.25, 0.3) is 0 Å². The van der Waals surface area contributed by atoms with Gasteiger partial charge in [-0.2, -0.15) is 0 Å². The molecule has 0 aliphatic carbocycles. The van der Waals surface area contributed by atoms with E-state index >= 15 is 0 Å². The lowest BCUT2D eigenvalue weighted by atomic mass is 9.95. The Morgan fingerprint density at radius 3 is 1.42 bits per heavy atom. The zero-order valence-corrected chi connectivity index (χ0v) is 30.9. The molecule has 2 heterocycles. The molecule has 0 saturated carbocycles. The maximum atomic E-state index is 5.32. The molecule has 0 amide bonds. The van der Waals surface area contributed by atoms with Gasteiger partial charge in [-0.3, -0.25) is 0 Å². The first-order valence-electron chi connectivity index (χ1n) is 19.3. The van der Waals surface area contributed by atoms with Crippen LogP contribution in [0.1, 0.15) is 0 Å². The van der Waals surface area contributed by atoms with Gasteiger partial charge in [0, 0.05) is 33.0 Å². The summed E-state index contributed by atoms with van der Waals surface area (Å²) in [5.41, 5.74) is 10.7. The highest BCUT2D eigenvalue weighted by Crippen LogP contribution is 2.39. The predicted molar refractivity (Wildman–Crippen MR) is 236 cm³/mol. The average molecular weight is 727 g/mol. The third kappa shape index (κ3) is 5.74. The van der Waals surface area contributed by atoms with Crippen molar-refractivity contribution in [3.63, 3.8) is 0 Å². The molecular weight excluding hydrogens is 693 g/mol. The van der Waals surface area contributed by atoms with Crippen molar-refractivity contribution in [3.05, 3.63) is 206 Å². The van der Waals surface area contributed by atoms with Crippen LogP contribution >= 0.6 is 0 Å². The average Bonchev–Trinajstić information content (AvgIpc) is 3.63. The van der Waals surface area contributed by atoms with E-state index in [1.165, 1.54) is 21.5 Å². The summed E-state index contributed by atoms with van der Waals surface area (Å²) in [7, 11) is 0. The zero-order chi connectivity index (χ0) is 37.7. The van der Waals surface area contributed by atoms with Gasteiger partial charge in [-0.05, 0) is 74.6 Å². The second-order valence-corrected chi connectivity index (χ2v) is 14.4. The number of benzene rings is 9. The van der Waals surface area contributed by atoms with E-state index in [9.17, 15) is 0 Å². The van der Waals surface area contributed by atoms with Crippen molar-refractivity contribution in [2.75, 3.05) is 0 Å². The fraction of sp³-hybridized carbons (Fsp3) is 0. The molecule has 57 heavy (non-hydrogen) atoms. The molecule has 0 bridgehead atoms. The Balaban J connectivity index is 1.18. The number of rotatable bonds is 6. The van der Waals surface area contributed by atoms with Crippen molar-refractivity contribution < 1.29 is 0 Å². The number of para-hydroxylation sites is 2. The number of nitrogens with zero attached hydrogens (tertiary/aromatic N) is 4. The highest BCUT2D eigenvalue weighted by Gasteiger charge is 2.20. The number of hydrogen-bond acceptors (Lipinski definition) is 3. The van der Waals surface area contributed by atoms with E-state index in [0.717, 1.165) is 66.4 Å². The summed E-state index contributed by atoms with van der Waals surface area (Å²) in [5.74, 6) is 1.86. The highest BCUT2D eigenvalue weighted by molar-refractivity contribution is 6.10. The minimum atomic E-state index is 0.610. The third-order valence-corrected chi connectivity index (χ3v) is 11.0. The van der Waals surface area contributed by atoms with Crippen LogP contribution in [-0.4, -0.2) is 19.5 Å². The van der Waals surface area contributed by atoms with Crippen LogP contribution in [0.2, 0.25) is 0 Å². The van der Waals surface area contributed by atoms with Gasteiger partial charge >= 0.3 is 0 Å². The van der Waals surface area contributed by atoms with Gasteiger partial charge in [0.05, 0.1) is 16.7 Å². The van der Waals surface area contributed by atoms with E-state index in [1.54, 1.807) is 0 Å². The molecule has 0 unspecified atom stereocenters. The lowest BCUT2D eigenvalue weighted by Crippen LogP contribution is -2.02. The van der Waals surface area contributed by atoms with E-state index in [1.807, 2.05) is 0 Å². The van der Waals surface area contributed by atoms with E-state index < -0.39 is 0 Å². The largest absolute Gasteiger partial charge is 0.309 e. The number of hydrogen-bond donors (Lipinski definition) is 0. The van der Waals surface area contributed by atoms with E-state index in [4.69, 9.17) is 15.0 Å². The summed E-state index contributed by atoms with van der Waals surface area (Å²) < 4.78 is 2.39. The molecule has 0 spiro atoms. The molecule has 0 atom stereocenters. The molecule has 11 rings (SSSR count). The standard InChI is InChI=1S/C53H34N4/c1-3-16-36(17-4-1)44-30-29-41(34-50(44)57-48-25-13-11-23-45(48)46-24-12-14-26-49(46)57)52-54-51(40-28-27-35-15-7-8-20-38(35)31-40)55-53(56-52)42-32-39-21-9-10-22-43(39)47(33-42)37-18-5-2-6-19-37/h1-34H. The van der Waals surface area contributed by atoms with Crippen molar-refractivity contribution in [2.24, 2.45) is 0 Å². The molecule has 0 radical (unpaired) electrons. The van der Waals surface area contributed by atoms with Gasteiger partial charge in [0.1, 0.15) is 0 Å². The van der Waals surface area contributed by atoms with Gasteiger partial charge in [-0.25, -0.2) is 15.0 Å². The monoisotopic (exact) mass is 726 g/mol. The Morgan fingerprint density at radius 1 is 0.281 bits per heavy atom. The van der Waals surface area contributed by atoms with Crippen LogP contribution in [0.4, 0.5) is 0 Å². The summed E-state index contributed by atoms with van der Waals surface area (Å²) >= 11 is 0. The van der Waals surface area contributed by atoms with Crippen LogP contribution < -0.4 is 0 Å². The summed E-state index contributed by atoms with van der Waals surface area (Å²) in [5, 5.41) is 7.04. The van der Waals surface area contributed by atoms with E-state index in [-0.39, 0.29) is 0 Å². The van der Waals surface area contributed by atoms with Gasteiger partial charge in [0.2, 0.25) is 0 Å². The molecule has 4 nitrogen and oxygen atoms in total. The highest BCUT2D eigenvalue weighted by atomic mass is 15.0. The molecular formula is C53H34N4. The normalized spacial score (nSPS) is 11.5. The molecule has 266 valence electrons. The first kappa shape index (κ1) is 32.7. The molecule has 0 N–H and O–H groups in total. The Bertz CT molecular complexity index is 3240. The first-order chi connectivity index (χ1) is 28.2. The van der Waals surface area contributed by atoms with Crippen LogP contribution in [0.3, 0.4) is 0 Å². The van der Waals surface area contributed by atoms with E-state index in [0.29, 0.717) is 17.5 Å². The quantitative estimate of drug-likeness (QED) is 0.171. The molecule has 4 heteroatoms. The van der Waals surface area contributed by atoms with Crippen LogP contribution in [0.5, 0.6) is 0 Å². The molecule has 0 aliphatic heterocycles.